The number of methoxy groups -OCH3 is 3. The third-order valence-electron chi connectivity index (χ3n) is 8.30. The molecule has 12 heteroatoms. The number of hydrogen-bond donors (Lipinski definition) is 1. The molecule has 0 bridgehead atoms. The van der Waals surface area contributed by atoms with Crippen LogP contribution in [0.5, 0.6) is 17.2 Å². The fourth-order valence-electron chi connectivity index (χ4n) is 5.84. The van der Waals surface area contributed by atoms with E-state index < -0.39 is 6.04 Å². The number of thiazole rings is 1. The number of nitrogens with zero attached hydrogens (tertiary/aromatic N) is 5. The molecule has 0 radical (unpaired) electrons. The van der Waals surface area contributed by atoms with Crippen molar-refractivity contribution in [2.45, 2.75) is 38.4 Å². The largest absolute Gasteiger partial charge is 0.497 e. The van der Waals surface area contributed by atoms with E-state index in [1.54, 1.807) is 42.0 Å². The summed E-state index contributed by atoms with van der Waals surface area (Å²) in [4.78, 5) is 35.4. The van der Waals surface area contributed by atoms with Gasteiger partial charge in [0.05, 0.1) is 44.8 Å². The summed E-state index contributed by atoms with van der Waals surface area (Å²) >= 11 is 1.45. The molecule has 2 heterocycles. The Morgan fingerprint density at radius 3 is 2.53 bits per heavy atom. The molecule has 2 unspecified atom stereocenters. The number of carbonyl (C=O) groups excluding carboxylic acids is 2. The lowest BCUT2D eigenvalue weighted by Gasteiger charge is -2.36. The van der Waals surface area contributed by atoms with Crippen molar-refractivity contribution in [2.75, 3.05) is 26.6 Å². The van der Waals surface area contributed by atoms with Gasteiger partial charge in [0.1, 0.15) is 40.4 Å². The molecule has 47 heavy (non-hydrogen) atoms. The summed E-state index contributed by atoms with van der Waals surface area (Å²) in [5, 5.41) is 14.2. The number of aromatic nitrogens is 4. The minimum atomic E-state index is -0.803. The zero-order chi connectivity index (χ0) is 32.8. The van der Waals surface area contributed by atoms with Gasteiger partial charge in [0.2, 0.25) is 11.8 Å². The van der Waals surface area contributed by atoms with Crippen LogP contribution in [0.25, 0.3) is 22.3 Å². The number of carbonyl (C=O) groups is 2. The van der Waals surface area contributed by atoms with E-state index >= 15 is 0 Å². The molecule has 11 nitrogen and oxygen atoms in total. The Hall–Kier alpha value is -5.23. The number of nitrogens with one attached hydrogen (secondary N) is 1. The van der Waals surface area contributed by atoms with Crippen LogP contribution in [-0.2, 0) is 22.7 Å². The number of allylic oxidation sites excluding steroid dienone is 2. The molecule has 5 aromatic rings. The molecular weight excluding hydrogens is 616 g/mol. The lowest BCUT2D eigenvalue weighted by molar-refractivity contribution is -0.142. The maximum atomic E-state index is 14.4. The van der Waals surface area contributed by atoms with Crippen molar-refractivity contribution < 1.29 is 23.8 Å². The molecule has 2 amide bonds. The fraction of sp³-hybridized carbons (Fsp3) is 0.286. The van der Waals surface area contributed by atoms with E-state index in [1.807, 2.05) is 53.9 Å². The Kier molecular flexibility index (Phi) is 9.77. The van der Waals surface area contributed by atoms with Crippen LogP contribution in [0.3, 0.4) is 0 Å². The van der Waals surface area contributed by atoms with Crippen LogP contribution in [0, 0.1) is 5.92 Å². The molecule has 1 aliphatic rings. The number of hydrogen-bond acceptors (Lipinski definition) is 9. The smallest absolute Gasteiger partial charge is 0.247 e. The summed E-state index contributed by atoms with van der Waals surface area (Å²) in [5.41, 5.74) is 3.63. The van der Waals surface area contributed by atoms with Crippen molar-refractivity contribution in [3.05, 3.63) is 89.3 Å². The Morgan fingerprint density at radius 2 is 1.79 bits per heavy atom. The number of fused-ring (bicyclic) bond motifs is 1. The van der Waals surface area contributed by atoms with Gasteiger partial charge in [0, 0.05) is 17.0 Å². The minimum absolute atomic E-state index is 0.0879. The van der Waals surface area contributed by atoms with E-state index in [0.29, 0.717) is 34.1 Å². The van der Waals surface area contributed by atoms with Crippen molar-refractivity contribution >= 4 is 39.9 Å². The molecular formula is C35H36N6O5S. The minimum Gasteiger partial charge on any atom is -0.497 e. The summed E-state index contributed by atoms with van der Waals surface area (Å²) in [5.74, 6) is 1.11. The lowest BCUT2D eigenvalue weighted by Crippen LogP contribution is -2.52. The van der Waals surface area contributed by atoms with Crippen LogP contribution in [0.2, 0.25) is 0 Å². The highest BCUT2D eigenvalue weighted by Crippen LogP contribution is 2.33. The fourth-order valence-corrected chi connectivity index (χ4v) is 6.64. The second-order valence-electron chi connectivity index (χ2n) is 11.2. The van der Waals surface area contributed by atoms with Crippen LogP contribution < -0.4 is 19.5 Å². The second-order valence-corrected chi connectivity index (χ2v) is 12.1. The first kappa shape index (κ1) is 31.7. The molecule has 1 N–H and O–H groups in total. The normalized spacial score (nSPS) is 14.8. The zero-order valence-electron chi connectivity index (χ0n) is 26.5. The van der Waals surface area contributed by atoms with Crippen molar-refractivity contribution in [1.82, 2.24) is 24.9 Å². The predicted molar refractivity (Wildman–Crippen MR) is 181 cm³/mol. The summed E-state index contributed by atoms with van der Waals surface area (Å²) in [6.07, 6.45) is 6.42. The first-order valence-electron chi connectivity index (χ1n) is 15.3. The molecule has 0 aliphatic heterocycles. The van der Waals surface area contributed by atoms with Crippen LogP contribution in [0.15, 0.2) is 84.3 Å². The molecule has 2 aromatic heterocycles. The Balaban J connectivity index is 1.36. The molecule has 0 fully saturated rings. The summed E-state index contributed by atoms with van der Waals surface area (Å²) in [6.45, 7) is 0.0553. The summed E-state index contributed by atoms with van der Waals surface area (Å²) < 4.78 is 17.8. The number of para-hydroxylation sites is 1. The maximum Gasteiger partial charge on any atom is 0.247 e. The topological polar surface area (TPSA) is 121 Å². The first-order valence-corrected chi connectivity index (χ1v) is 16.2. The first-order chi connectivity index (χ1) is 23.0. The van der Waals surface area contributed by atoms with Crippen molar-refractivity contribution in [1.29, 1.82) is 0 Å². The molecule has 0 spiro atoms. The van der Waals surface area contributed by atoms with Gasteiger partial charge in [-0.3, -0.25) is 9.59 Å². The Morgan fingerprint density at radius 1 is 1.00 bits per heavy atom. The van der Waals surface area contributed by atoms with Gasteiger partial charge < -0.3 is 24.4 Å². The highest BCUT2D eigenvalue weighted by atomic mass is 32.1. The van der Waals surface area contributed by atoms with Gasteiger partial charge in [-0.05, 0) is 73.7 Å². The van der Waals surface area contributed by atoms with Gasteiger partial charge in [-0.2, -0.15) is 0 Å². The Labute approximate surface area is 276 Å². The standard InChI is InChI=1S/C35H36N6O5S/c1-44-25-15-13-23(14-16-25)29-22-47-32(36-29)20-40(33(42)21-41-30-12-8-7-11-27(30)38-39-41)34(24-9-5-4-6-10-24)35(43)37-28-18-17-26(45-2)19-31(28)46-3/h4-5,7-8,11-19,22,24,34H,6,9-10,20-21H2,1-3H3,(H,37,43). The highest BCUT2D eigenvalue weighted by Gasteiger charge is 2.37. The number of amides is 2. The molecule has 0 saturated heterocycles. The van der Waals surface area contributed by atoms with Gasteiger partial charge in [0.25, 0.3) is 0 Å². The summed E-state index contributed by atoms with van der Waals surface area (Å²) in [7, 11) is 4.73. The van der Waals surface area contributed by atoms with Crippen molar-refractivity contribution in [2.24, 2.45) is 5.92 Å². The molecule has 1 aliphatic carbocycles. The lowest BCUT2D eigenvalue weighted by atomic mass is 9.86. The number of benzene rings is 3. The highest BCUT2D eigenvalue weighted by molar-refractivity contribution is 7.09. The Bertz CT molecular complexity index is 1880. The van der Waals surface area contributed by atoms with Crippen LogP contribution in [0.1, 0.15) is 24.3 Å². The third-order valence-corrected chi connectivity index (χ3v) is 9.13. The van der Waals surface area contributed by atoms with Crippen LogP contribution in [0.4, 0.5) is 5.69 Å². The monoisotopic (exact) mass is 652 g/mol. The molecule has 0 saturated carbocycles. The van der Waals surface area contributed by atoms with Gasteiger partial charge >= 0.3 is 0 Å². The van der Waals surface area contributed by atoms with Crippen molar-refractivity contribution in [3.8, 4) is 28.5 Å². The van der Waals surface area contributed by atoms with E-state index in [-0.39, 0.29) is 30.8 Å². The average Bonchev–Trinajstić information content (AvgIpc) is 3.76. The van der Waals surface area contributed by atoms with Crippen molar-refractivity contribution in [3.63, 3.8) is 0 Å². The SMILES string of the molecule is COc1ccc(-c2csc(CN(C(=O)Cn3nnc4ccccc43)C(C(=O)Nc3ccc(OC)cc3OC)C3CC=CCC3)n2)cc1. The van der Waals surface area contributed by atoms with E-state index in [1.165, 1.54) is 18.4 Å². The summed E-state index contributed by atoms with van der Waals surface area (Å²) in [6, 6.07) is 19.6. The zero-order valence-corrected chi connectivity index (χ0v) is 27.3. The number of anilines is 1. The van der Waals surface area contributed by atoms with E-state index in [9.17, 15) is 9.59 Å². The van der Waals surface area contributed by atoms with Gasteiger partial charge in [-0.15, -0.1) is 16.4 Å². The average molecular weight is 653 g/mol. The van der Waals surface area contributed by atoms with E-state index in [2.05, 4.69) is 27.8 Å². The number of rotatable bonds is 12. The molecule has 6 rings (SSSR count). The quantitative estimate of drug-likeness (QED) is 0.164. The maximum absolute atomic E-state index is 14.4. The molecule has 3 aromatic carbocycles. The van der Waals surface area contributed by atoms with Gasteiger partial charge in [-0.25, -0.2) is 9.67 Å². The molecule has 2 atom stereocenters. The van der Waals surface area contributed by atoms with E-state index in [0.717, 1.165) is 35.4 Å². The van der Waals surface area contributed by atoms with E-state index in [4.69, 9.17) is 19.2 Å². The van der Waals surface area contributed by atoms with Crippen LogP contribution >= 0.6 is 11.3 Å². The second kappa shape index (κ2) is 14.5. The van der Waals surface area contributed by atoms with Crippen LogP contribution in [-0.4, -0.2) is 64.1 Å². The van der Waals surface area contributed by atoms with Gasteiger partial charge in [0.15, 0.2) is 0 Å². The third kappa shape index (κ3) is 7.12. The van der Waals surface area contributed by atoms with Gasteiger partial charge in [-0.1, -0.05) is 29.5 Å². The number of ether oxygens (including phenoxy) is 3. The molecule has 242 valence electrons. The predicted octanol–water partition coefficient (Wildman–Crippen LogP) is 5.97.